The Bertz CT molecular complexity index is 682. The van der Waals surface area contributed by atoms with Crippen LogP contribution in [0, 0.1) is 5.92 Å². The number of pyridine rings is 1. The lowest BCUT2D eigenvalue weighted by atomic mass is 9.97. The van der Waals surface area contributed by atoms with E-state index in [2.05, 4.69) is 20.5 Å². The van der Waals surface area contributed by atoms with E-state index in [0.717, 1.165) is 37.3 Å². The zero-order valence-corrected chi connectivity index (χ0v) is 14.8. The number of aromatic nitrogens is 1. The van der Waals surface area contributed by atoms with Crippen LogP contribution >= 0.6 is 11.3 Å². The van der Waals surface area contributed by atoms with Crippen LogP contribution in [0.15, 0.2) is 41.2 Å². The number of carbonyl (C=O) groups is 2. The second kappa shape index (κ2) is 8.62. The summed E-state index contributed by atoms with van der Waals surface area (Å²) in [6.45, 7) is 2.77. The standard InChI is InChI=1S/C18H22N4O2S/c23-17(18(24)21-12-15-6-10-25-13-15)20-11-14-4-8-22(9-5-14)16-3-1-2-7-19-16/h1-3,6-7,10,13-14H,4-5,8-9,11-12H2,(H,20,23)(H,21,24). The Hall–Kier alpha value is -2.41. The fraction of sp³-hybridized carbons (Fsp3) is 0.389. The monoisotopic (exact) mass is 358 g/mol. The van der Waals surface area contributed by atoms with Crippen molar-refractivity contribution in [1.29, 1.82) is 0 Å². The van der Waals surface area contributed by atoms with Gasteiger partial charge in [0.2, 0.25) is 0 Å². The fourth-order valence-corrected chi connectivity index (χ4v) is 3.55. The lowest BCUT2D eigenvalue weighted by Gasteiger charge is -2.32. The summed E-state index contributed by atoms with van der Waals surface area (Å²) in [5.74, 6) is 0.269. The molecule has 132 valence electrons. The molecule has 0 aromatic carbocycles. The first-order valence-corrected chi connectivity index (χ1v) is 9.40. The molecule has 0 unspecified atom stereocenters. The summed E-state index contributed by atoms with van der Waals surface area (Å²) in [6, 6.07) is 7.84. The molecular weight excluding hydrogens is 336 g/mol. The normalized spacial score (nSPS) is 15.0. The first kappa shape index (κ1) is 17.4. The number of amides is 2. The first-order valence-electron chi connectivity index (χ1n) is 8.45. The van der Waals surface area contributed by atoms with Gasteiger partial charge in [-0.1, -0.05) is 6.07 Å². The van der Waals surface area contributed by atoms with E-state index in [1.165, 1.54) is 0 Å². The minimum atomic E-state index is -0.572. The molecule has 1 fully saturated rings. The number of nitrogens with zero attached hydrogens (tertiary/aromatic N) is 2. The first-order chi connectivity index (χ1) is 12.2. The van der Waals surface area contributed by atoms with Crippen LogP contribution in [0.25, 0.3) is 0 Å². The second-order valence-electron chi connectivity index (χ2n) is 6.14. The molecule has 2 amide bonds. The number of thiophene rings is 1. The Morgan fingerprint density at radius 3 is 2.64 bits per heavy atom. The van der Waals surface area contributed by atoms with Crippen LogP contribution in [0.3, 0.4) is 0 Å². The molecule has 6 nitrogen and oxygen atoms in total. The minimum absolute atomic E-state index is 0.387. The van der Waals surface area contributed by atoms with Gasteiger partial charge in [-0.15, -0.1) is 0 Å². The Balaban J connectivity index is 1.36. The molecule has 3 heterocycles. The predicted octanol–water partition coefficient (Wildman–Crippen LogP) is 1.79. The van der Waals surface area contributed by atoms with Gasteiger partial charge >= 0.3 is 11.8 Å². The number of rotatable bonds is 5. The summed E-state index contributed by atoms with van der Waals surface area (Å²) < 4.78 is 0. The van der Waals surface area contributed by atoms with E-state index in [-0.39, 0.29) is 0 Å². The summed E-state index contributed by atoms with van der Waals surface area (Å²) in [6.07, 6.45) is 3.76. The topological polar surface area (TPSA) is 74.3 Å². The molecule has 0 atom stereocenters. The molecule has 0 aliphatic carbocycles. The highest BCUT2D eigenvalue weighted by molar-refractivity contribution is 7.07. The molecule has 7 heteroatoms. The molecule has 0 radical (unpaired) electrons. The van der Waals surface area contributed by atoms with Crippen LogP contribution in [0.1, 0.15) is 18.4 Å². The molecule has 2 aromatic heterocycles. The molecule has 0 saturated carbocycles. The van der Waals surface area contributed by atoms with Gasteiger partial charge < -0.3 is 15.5 Å². The van der Waals surface area contributed by atoms with E-state index >= 15 is 0 Å². The molecule has 25 heavy (non-hydrogen) atoms. The number of hydrogen-bond acceptors (Lipinski definition) is 5. The molecular formula is C18H22N4O2S. The van der Waals surface area contributed by atoms with Gasteiger partial charge in [-0.05, 0) is 53.3 Å². The van der Waals surface area contributed by atoms with Crippen molar-refractivity contribution in [2.75, 3.05) is 24.5 Å². The van der Waals surface area contributed by atoms with Gasteiger partial charge in [-0.2, -0.15) is 11.3 Å². The van der Waals surface area contributed by atoms with Gasteiger partial charge in [-0.3, -0.25) is 9.59 Å². The Labute approximate surface area is 151 Å². The van der Waals surface area contributed by atoms with Gasteiger partial charge in [0.25, 0.3) is 0 Å². The third-order valence-electron chi connectivity index (χ3n) is 4.38. The number of piperidine rings is 1. The third-order valence-corrected chi connectivity index (χ3v) is 5.11. The van der Waals surface area contributed by atoms with Crippen molar-refractivity contribution < 1.29 is 9.59 Å². The molecule has 0 spiro atoms. The van der Waals surface area contributed by atoms with E-state index < -0.39 is 11.8 Å². The summed E-state index contributed by atoms with van der Waals surface area (Å²) >= 11 is 1.57. The van der Waals surface area contributed by atoms with Crippen molar-refractivity contribution in [3.8, 4) is 0 Å². The zero-order chi connectivity index (χ0) is 17.5. The van der Waals surface area contributed by atoms with E-state index in [1.807, 2.05) is 35.0 Å². The van der Waals surface area contributed by atoms with Crippen LogP contribution in [0.5, 0.6) is 0 Å². The largest absolute Gasteiger partial charge is 0.357 e. The molecule has 1 aliphatic heterocycles. The molecule has 1 saturated heterocycles. The smallest absolute Gasteiger partial charge is 0.309 e. The van der Waals surface area contributed by atoms with E-state index in [9.17, 15) is 9.59 Å². The average Bonchev–Trinajstić information content (AvgIpc) is 3.19. The van der Waals surface area contributed by atoms with Crippen molar-refractivity contribution in [2.45, 2.75) is 19.4 Å². The zero-order valence-electron chi connectivity index (χ0n) is 14.0. The predicted molar refractivity (Wildman–Crippen MR) is 98.3 cm³/mol. The Morgan fingerprint density at radius 1 is 1.16 bits per heavy atom. The van der Waals surface area contributed by atoms with Crippen molar-refractivity contribution in [1.82, 2.24) is 15.6 Å². The highest BCUT2D eigenvalue weighted by Gasteiger charge is 2.21. The quantitative estimate of drug-likeness (QED) is 0.799. The molecule has 2 aromatic rings. The van der Waals surface area contributed by atoms with Gasteiger partial charge in [0, 0.05) is 32.4 Å². The lowest BCUT2D eigenvalue weighted by Crippen LogP contribution is -2.43. The Kier molecular flexibility index (Phi) is 6.00. The number of carbonyl (C=O) groups excluding carboxylic acids is 2. The van der Waals surface area contributed by atoms with Crippen LogP contribution in [0.2, 0.25) is 0 Å². The number of anilines is 1. The summed E-state index contributed by atoms with van der Waals surface area (Å²) in [5.41, 5.74) is 1.01. The maximum absolute atomic E-state index is 11.9. The SMILES string of the molecule is O=C(NCc1ccsc1)C(=O)NCC1CCN(c2ccccn2)CC1. The molecule has 1 aliphatic rings. The van der Waals surface area contributed by atoms with Crippen LogP contribution in [0.4, 0.5) is 5.82 Å². The van der Waals surface area contributed by atoms with Crippen molar-refractivity contribution in [3.63, 3.8) is 0 Å². The van der Waals surface area contributed by atoms with Gasteiger partial charge in [0.05, 0.1) is 0 Å². The second-order valence-corrected chi connectivity index (χ2v) is 6.92. The average molecular weight is 358 g/mol. The van der Waals surface area contributed by atoms with E-state index in [0.29, 0.717) is 19.0 Å². The van der Waals surface area contributed by atoms with E-state index in [4.69, 9.17) is 0 Å². The number of hydrogen-bond donors (Lipinski definition) is 2. The van der Waals surface area contributed by atoms with Gasteiger partial charge in [-0.25, -0.2) is 4.98 Å². The maximum atomic E-state index is 11.9. The van der Waals surface area contributed by atoms with Crippen LogP contribution in [-0.4, -0.2) is 36.4 Å². The van der Waals surface area contributed by atoms with Gasteiger partial charge in [0.1, 0.15) is 5.82 Å². The van der Waals surface area contributed by atoms with Gasteiger partial charge in [0.15, 0.2) is 0 Å². The lowest BCUT2D eigenvalue weighted by molar-refractivity contribution is -0.139. The summed E-state index contributed by atoms with van der Waals surface area (Å²) in [4.78, 5) is 30.3. The van der Waals surface area contributed by atoms with E-state index in [1.54, 1.807) is 17.5 Å². The fourth-order valence-electron chi connectivity index (χ4n) is 2.88. The molecule has 3 rings (SSSR count). The molecule has 0 bridgehead atoms. The van der Waals surface area contributed by atoms with Crippen LogP contribution in [-0.2, 0) is 16.1 Å². The molecule has 2 N–H and O–H groups in total. The van der Waals surface area contributed by atoms with Crippen molar-refractivity contribution in [3.05, 3.63) is 46.8 Å². The summed E-state index contributed by atoms with van der Waals surface area (Å²) in [7, 11) is 0. The minimum Gasteiger partial charge on any atom is -0.357 e. The van der Waals surface area contributed by atoms with Crippen LogP contribution < -0.4 is 15.5 Å². The number of nitrogens with one attached hydrogen (secondary N) is 2. The third kappa shape index (κ3) is 5.03. The van der Waals surface area contributed by atoms with Crippen molar-refractivity contribution >= 4 is 29.0 Å². The highest BCUT2D eigenvalue weighted by atomic mass is 32.1. The van der Waals surface area contributed by atoms with Crippen molar-refractivity contribution in [2.24, 2.45) is 5.92 Å². The Morgan fingerprint density at radius 2 is 1.96 bits per heavy atom. The maximum Gasteiger partial charge on any atom is 0.309 e. The highest BCUT2D eigenvalue weighted by Crippen LogP contribution is 2.20. The summed E-state index contributed by atoms with van der Waals surface area (Å²) in [5, 5.41) is 9.29.